The van der Waals surface area contributed by atoms with Crippen LogP contribution in [0.4, 0.5) is 0 Å². The van der Waals surface area contributed by atoms with Gasteiger partial charge in [0.25, 0.3) is 0 Å². The van der Waals surface area contributed by atoms with Crippen LogP contribution in [0, 0.1) is 13.8 Å². The molecule has 1 aliphatic heterocycles. The van der Waals surface area contributed by atoms with Crippen LogP contribution in [0.5, 0.6) is 0 Å². The van der Waals surface area contributed by atoms with Crippen LogP contribution in [-0.4, -0.2) is 23.5 Å². The van der Waals surface area contributed by atoms with Crippen molar-refractivity contribution in [3.63, 3.8) is 0 Å². The summed E-state index contributed by atoms with van der Waals surface area (Å²) in [6.45, 7) is 11.4. The van der Waals surface area contributed by atoms with Crippen LogP contribution in [0.25, 0.3) is 0 Å². The molecule has 0 radical (unpaired) electrons. The van der Waals surface area contributed by atoms with Gasteiger partial charge >= 0.3 is 0 Å². The minimum absolute atomic E-state index is 0.0715. The van der Waals surface area contributed by atoms with Gasteiger partial charge in [-0.3, -0.25) is 4.90 Å². The maximum Gasteiger partial charge on any atom is 0.0479 e. The van der Waals surface area contributed by atoms with Gasteiger partial charge < -0.3 is 5.73 Å². The Morgan fingerprint density at radius 2 is 1.80 bits per heavy atom. The third-order valence-electron chi connectivity index (χ3n) is 5.35. The summed E-state index contributed by atoms with van der Waals surface area (Å²) < 4.78 is 0. The van der Waals surface area contributed by atoms with E-state index >= 15 is 0 Å². The lowest BCUT2D eigenvalue weighted by Gasteiger charge is -2.47. The van der Waals surface area contributed by atoms with Crippen LogP contribution in [-0.2, 0) is 0 Å². The molecule has 1 saturated heterocycles. The van der Waals surface area contributed by atoms with Crippen molar-refractivity contribution in [2.75, 3.05) is 13.1 Å². The Morgan fingerprint density at radius 1 is 1.15 bits per heavy atom. The highest BCUT2D eigenvalue weighted by atomic mass is 15.2. The topological polar surface area (TPSA) is 29.3 Å². The van der Waals surface area contributed by atoms with Crippen LogP contribution in [0.1, 0.15) is 62.3 Å². The highest BCUT2D eigenvalue weighted by molar-refractivity contribution is 5.33. The molecule has 1 fully saturated rings. The number of hydrogen-bond donors (Lipinski definition) is 1. The number of benzene rings is 1. The highest BCUT2D eigenvalue weighted by Gasteiger charge is 2.37. The maximum atomic E-state index is 6.69. The van der Waals surface area contributed by atoms with Crippen molar-refractivity contribution in [1.82, 2.24) is 4.90 Å². The van der Waals surface area contributed by atoms with Crippen LogP contribution < -0.4 is 5.73 Å². The summed E-state index contributed by atoms with van der Waals surface area (Å²) in [5.74, 6) is 0. The first-order chi connectivity index (χ1) is 9.49. The van der Waals surface area contributed by atoms with Crippen LogP contribution in [0.3, 0.4) is 0 Å². The van der Waals surface area contributed by atoms with E-state index in [4.69, 9.17) is 5.73 Å². The molecule has 0 aromatic heterocycles. The molecule has 1 heterocycles. The summed E-state index contributed by atoms with van der Waals surface area (Å²) in [5.41, 5.74) is 10.7. The molecule has 2 rings (SSSR count). The van der Waals surface area contributed by atoms with E-state index in [-0.39, 0.29) is 11.6 Å². The molecule has 0 spiro atoms. The lowest BCUT2D eigenvalue weighted by atomic mass is 9.81. The molecule has 2 N–H and O–H groups in total. The predicted molar refractivity (Wildman–Crippen MR) is 87.0 cm³/mol. The first-order valence-electron chi connectivity index (χ1n) is 8.07. The number of piperidine rings is 1. The zero-order valence-electron chi connectivity index (χ0n) is 13.6. The predicted octanol–water partition coefficient (Wildman–Crippen LogP) is 3.96. The molecule has 1 aromatic carbocycles. The lowest BCUT2D eigenvalue weighted by molar-refractivity contribution is 0.0542. The smallest absolute Gasteiger partial charge is 0.0479 e. The molecule has 2 nitrogen and oxygen atoms in total. The van der Waals surface area contributed by atoms with Crippen LogP contribution in [0.2, 0.25) is 0 Å². The fourth-order valence-electron chi connectivity index (χ4n) is 3.36. The van der Waals surface area contributed by atoms with Crippen molar-refractivity contribution >= 4 is 0 Å². The minimum atomic E-state index is 0.0715. The standard InChI is InChI=1S/C18H30N2/c1-5-18(4,20-11-7-6-8-12-20)17(19)16-10-9-14(2)15(3)13-16/h9-10,13,17H,5-8,11-12,19H2,1-4H3. The molecule has 0 amide bonds. The molecular formula is C18H30N2. The van der Waals surface area contributed by atoms with Crippen LogP contribution in [0.15, 0.2) is 18.2 Å². The molecule has 20 heavy (non-hydrogen) atoms. The lowest BCUT2D eigenvalue weighted by Crippen LogP contribution is -2.54. The van der Waals surface area contributed by atoms with Crippen LogP contribution >= 0.6 is 0 Å². The molecule has 2 atom stereocenters. The molecule has 0 aliphatic carbocycles. The largest absolute Gasteiger partial charge is 0.322 e. The Morgan fingerprint density at radius 3 is 2.35 bits per heavy atom. The molecule has 2 unspecified atom stereocenters. The van der Waals surface area contributed by atoms with Crippen molar-refractivity contribution in [2.45, 2.75) is 65.0 Å². The Labute approximate surface area is 124 Å². The molecule has 1 aliphatic rings. The van der Waals surface area contributed by atoms with Gasteiger partial charge in [0.2, 0.25) is 0 Å². The van der Waals surface area contributed by atoms with Gasteiger partial charge in [-0.1, -0.05) is 31.5 Å². The van der Waals surface area contributed by atoms with Crippen molar-refractivity contribution in [3.8, 4) is 0 Å². The van der Waals surface area contributed by atoms with Crippen molar-refractivity contribution in [3.05, 3.63) is 34.9 Å². The van der Waals surface area contributed by atoms with E-state index in [0.29, 0.717) is 0 Å². The summed E-state index contributed by atoms with van der Waals surface area (Å²) >= 11 is 0. The average Bonchev–Trinajstić information content (AvgIpc) is 2.49. The fraction of sp³-hybridized carbons (Fsp3) is 0.667. The molecule has 112 valence electrons. The Hall–Kier alpha value is -0.860. The third kappa shape index (κ3) is 2.91. The third-order valence-corrected chi connectivity index (χ3v) is 5.35. The fourth-order valence-corrected chi connectivity index (χ4v) is 3.36. The Balaban J connectivity index is 2.26. The second kappa shape index (κ2) is 6.28. The SMILES string of the molecule is CCC(C)(C(N)c1ccc(C)c(C)c1)N1CCCCC1. The Bertz CT molecular complexity index is 449. The van der Waals surface area contributed by atoms with Gasteiger partial charge in [-0.2, -0.15) is 0 Å². The van der Waals surface area contributed by atoms with Gasteiger partial charge in [-0.15, -0.1) is 0 Å². The van der Waals surface area contributed by atoms with E-state index in [1.165, 1.54) is 49.0 Å². The van der Waals surface area contributed by atoms with E-state index in [1.54, 1.807) is 0 Å². The average molecular weight is 274 g/mol. The number of likely N-dealkylation sites (tertiary alicyclic amines) is 1. The molecule has 0 bridgehead atoms. The summed E-state index contributed by atoms with van der Waals surface area (Å²) in [6, 6.07) is 6.78. The summed E-state index contributed by atoms with van der Waals surface area (Å²) in [5, 5.41) is 0. The monoisotopic (exact) mass is 274 g/mol. The number of nitrogens with zero attached hydrogens (tertiary/aromatic N) is 1. The molecule has 0 saturated carbocycles. The summed E-state index contributed by atoms with van der Waals surface area (Å²) in [7, 11) is 0. The van der Waals surface area contributed by atoms with Crippen molar-refractivity contribution in [1.29, 1.82) is 0 Å². The van der Waals surface area contributed by atoms with Crippen molar-refractivity contribution in [2.24, 2.45) is 5.73 Å². The van der Waals surface area contributed by atoms with E-state index < -0.39 is 0 Å². The molecular weight excluding hydrogens is 244 g/mol. The van der Waals surface area contributed by atoms with E-state index in [2.05, 4.69) is 50.8 Å². The van der Waals surface area contributed by atoms with E-state index in [9.17, 15) is 0 Å². The number of hydrogen-bond acceptors (Lipinski definition) is 2. The Kier molecular flexibility index (Phi) is 4.87. The minimum Gasteiger partial charge on any atom is -0.322 e. The van der Waals surface area contributed by atoms with E-state index in [1.807, 2.05) is 0 Å². The molecule has 1 aromatic rings. The number of aryl methyl sites for hydroxylation is 2. The second-order valence-corrected chi connectivity index (χ2v) is 6.58. The number of nitrogens with two attached hydrogens (primary N) is 1. The van der Waals surface area contributed by atoms with Crippen molar-refractivity contribution < 1.29 is 0 Å². The van der Waals surface area contributed by atoms with Gasteiger partial charge in [0.1, 0.15) is 0 Å². The normalized spacial score (nSPS) is 21.4. The van der Waals surface area contributed by atoms with Gasteiger partial charge in [0.05, 0.1) is 0 Å². The van der Waals surface area contributed by atoms with Gasteiger partial charge in [0, 0.05) is 11.6 Å². The zero-order chi connectivity index (χ0) is 14.8. The molecule has 2 heteroatoms. The van der Waals surface area contributed by atoms with Gasteiger partial charge in [0.15, 0.2) is 0 Å². The first-order valence-corrected chi connectivity index (χ1v) is 8.07. The second-order valence-electron chi connectivity index (χ2n) is 6.58. The summed E-state index contributed by atoms with van der Waals surface area (Å²) in [6.07, 6.45) is 5.10. The summed E-state index contributed by atoms with van der Waals surface area (Å²) in [4.78, 5) is 2.62. The van der Waals surface area contributed by atoms with Gasteiger partial charge in [-0.25, -0.2) is 0 Å². The quantitative estimate of drug-likeness (QED) is 0.900. The number of rotatable bonds is 4. The maximum absolute atomic E-state index is 6.69. The first kappa shape index (κ1) is 15.5. The van der Waals surface area contributed by atoms with E-state index in [0.717, 1.165) is 6.42 Å². The zero-order valence-corrected chi connectivity index (χ0v) is 13.6. The highest BCUT2D eigenvalue weighted by Crippen LogP contribution is 2.35. The van der Waals surface area contributed by atoms with Gasteiger partial charge in [-0.05, 0) is 69.8 Å².